The molecule has 6 nitrogen and oxygen atoms in total. The highest BCUT2D eigenvalue weighted by Crippen LogP contribution is 2.22. The first-order valence-electron chi connectivity index (χ1n) is 8.08. The second-order valence-corrected chi connectivity index (χ2v) is 7.00. The summed E-state index contributed by atoms with van der Waals surface area (Å²) in [6.45, 7) is 3.53. The predicted octanol–water partition coefficient (Wildman–Crippen LogP) is 1.35. The summed E-state index contributed by atoms with van der Waals surface area (Å²) in [5.41, 5.74) is 6.24. The van der Waals surface area contributed by atoms with E-state index in [-0.39, 0.29) is 24.2 Å². The van der Waals surface area contributed by atoms with Crippen molar-refractivity contribution < 1.29 is 14.3 Å². The largest absolute Gasteiger partial charge is 0.381 e. The maximum atomic E-state index is 12.8. The Bertz CT molecular complexity index is 561. The van der Waals surface area contributed by atoms with Crippen molar-refractivity contribution in [2.24, 2.45) is 5.73 Å². The first-order valence-corrected chi connectivity index (χ1v) is 9.02. The van der Waals surface area contributed by atoms with Crippen LogP contribution >= 0.6 is 23.7 Å². The van der Waals surface area contributed by atoms with Gasteiger partial charge in [0.05, 0.1) is 11.1 Å². The number of amides is 2. The van der Waals surface area contributed by atoms with E-state index in [9.17, 15) is 9.59 Å². The van der Waals surface area contributed by atoms with Crippen LogP contribution in [0.4, 0.5) is 0 Å². The smallest absolute Gasteiger partial charge is 0.254 e. The molecule has 1 aromatic rings. The quantitative estimate of drug-likeness (QED) is 0.849. The lowest BCUT2D eigenvalue weighted by Crippen LogP contribution is -2.58. The second kappa shape index (κ2) is 8.29. The third-order valence-electron chi connectivity index (χ3n) is 4.65. The molecule has 2 amide bonds. The molecule has 3 heterocycles. The summed E-state index contributed by atoms with van der Waals surface area (Å²) < 4.78 is 5.31. The minimum Gasteiger partial charge on any atom is -0.381 e. The van der Waals surface area contributed by atoms with Gasteiger partial charge in [-0.25, -0.2) is 0 Å². The molecule has 0 radical (unpaired) electrons. The second-order valence-electron chi connectivity index (χ2n) is 6.22. The van der Waals surface area contributed by atoms with Crippen molar-refractivity contribution >= 4 is 35.6 Å². The lowest BCUT2D eigenvalue weighted by molar-refractivity contribution is -0.140. The number of carbonyl (C=O) groups excluding carboxylic acids is 2. The van der Waals surface area contributed by atoms with Gasteiger partial charge in [-0.05, 0) is 30.7 Å². The van der Waals surface area contributed by atoms with Crippen LogP contribution in [0.5, 0.6) is 0 Å². The fraction of sp³-hybridized carbons (Fsp3) is 0.625. The molecule has 3 rings (SSSR count). The maximum absolute atomic E-state index is 12.8. The highest BCUT2D eigenvalue weighted by molar-refractivity contribution is 7.08. The van der Waals surface area contributed by atoms with E-state index in [1.54, 1.807) is 0 Å². The van der Waals surface area contributed by atoms with E-state index in [0.717, 1.165) is 12.0 Å². The van der Waals surface area contributed by atoms with Crippen molar-refractivity contribution in [3.63, 3.8) is 0 Å². The van der Waals surface area contributed by atoms with Crippen LogP contribution in [0.2, 0.25) is 0 Å². The molecule has 2 aliphatic heterocycles. The Hall–Kier alpha value is -1.15. The molecule has 0 unspecified atom stereocenters. The van der Waals surface area contributed by atoms with E-state index in [1.807, 2.05) is 26.6 Å². The van der Waals surface area contributed by atoms with Gasteiger partial charge in [0.1, 0.15) is 0 Å². The van der Waals surface area contributed by atoms with Crippen LogP contribution in [-0.4, -0.2) is 66.5 Å². The van der Waals surface area contributed by atoms with E-state index >= 15 is 0 Å². The highest BCUT2D eigenvalue weighted by atomic mass is 35.5. The molecule has 2 N–H and O–H groups in total. The minimum atomic E-state index is -0.801. The first kappa shape index (κ1) is 19.2. The zero-order valence-electron chi connectivity index (χ0n) is 13.6. The summed E-state index contributed by atoms with van der Waals surface area (Å²) in [6, 6.07) is 1.84. The van der Waals surface area contributed by atoms with Crippen molar-refractivity contribution in [2.45, 2.75) is 24.8 Å². The summed E-state index contributed by atoms with van der Waals surface area (Å²) >= 11 is 1.52. The number of nitrogens with two attached hydrogens (primary N) is 1. The number of halogens is 1. The molecule has 0 bridgehead atoms. The fourth-order valence-electron chi connectivity index (χ4n) is 3.16. The molecule has 0 aliphatic carbocycles. The molecule has 1 aromatic heterocycles. The zero-order valence-corrected chi connectivity index (χ0v) is 15.2. The van der Waals surface area contributed by atoms with E-state index < -0.39 is 5.54 Å². The van der Waals surface area contributed by atoms with Crippen LogP contribution in [-0.2, 0) is 9.53 Å². The van der Waals surface area contributed by atoms with Gasteiger partial charge in [-0.1, -0.05) is 0 Å². The Morgan fingerprint density at radius 3 is 2.46 bits per heavy atom. The van der Waals surface area contributed by atoms with Gasteiger partial charge in [-0.3, -0.25) is 9.59 Å². The molecule has 0 aromatic carbocycles. The molecule has 2 saturated heterocycles. The summed E-state index contributed by atoms with van der Waals surface area (Å²) in [5, 5.41) is 3.78. The summed E-state index contributed by atoms with van der Waals surface area (Å²) in [7, 11) is 0. The van der Waals surface area contributed by atoms with Crippen LogP contribution < -0.4 is 5.73 Å². The van der Waals surface area contributed by atoms with Crippen LogP contribution in [0.3, 0.4) is 0 Å². The average molecular weight is 374 g/mol. The van der Waals surface area contributed by atoms with Crippen LogP contribution in [0.1, 0.15) is 29.6 Å². The molecule has 134 valence electrons. The first-order chi connectivity index (χ1) is 11.1. The topological polar surface area (TPSA) is 75.9 Å². The fourth-order valence-corrected chi connectivity index (χ4v) is 3.79. The number of nitrogens with zero attached hydrogens (tertiary/aromatic N) is 2. The van der Waals surface area contributed by atoms with Gasteiger partial charge in [0, 0.05) is 44.8 Å². The van der Waals surface area contributed by atoms with Crippen molar-refractivity contribution in [3.8, 4) is 0 Å². The van der Waals surface area contributed by atoms with E-state index in [1.165, 1.54) is 11.3 Å². The number of hydrogen-bond donors (Lipinski definition) is 1. The van der Waals surface area contributed by atoms with Crippen molar-refractivity contribution in [1.82, 2.24) is 9.80 Å². The summed E-state index contributed by atoms with van der Waals surface area (Å²) in [4.78, 5) is 28.9. The lowest BCUT2D eigenvalue weighted by Gasteiger charge is -2.36. The Morgan fingerprint density at radius 1 is 1.12 bits per heavy atom. The lowest BCUT2D eigenvalue weighted by atomic mass is 9.89. The third kappa shape index (κ3) is 4.08. The van der Waals surface area contributed by atoms with Crippen LogP contribution in [0, 0.1) is 0 Å². The molecule has 0 spiro atoms. The number of hydrogen-bond acceptors (Lipinski definition) is 5. The Balaban J connectivity index is 0.00000208. The molecule has 2 fully saturated rings. The molecule has 24 heavy (non-hydrogen) atoms. The Kier molecular flexibility index (Phi) is 6.62. The number of rotatable bonds is 2. The minimum absolute atomic E-state index is 0. The van der Waals surface area contributed by atoms with Gasteiger partial charge < -0.3 is 20.3 Å². The maximum Gasteiger partial charge on any atom is 0.254 e. The molecule has 0 saturated carbocycles. The standard InChI is InChI=1S/C16H23N3O3S.ClH/c17-16(3-9-22-10-4-16)15(21)19-6-1-5-18(7-8-19)14(20)13-2-11-23-12-13;/h2,11-12H,1,3-10,17H2;1H. The number of carbonyl (C=O) groups is 2. The van der Waals surface area contributed by atoms with Crippen LogP contribution in [0.15, 0.2) is 16.8 Å². The van der Waals surface area contributed by atoms with Gasteiger partial charge in [0.15, 0.2) is 0 Å². The van der Waals surface area contributed by atoms with Gasteiger partial charge in [-0.2, -0.15) is 11.3 Å². The van der Waals surface area contributed by atoms with Crippen LogP contribution in [0.25, 0.3) is 0 Å². The molecule has 0 atom stereocenters. The van der Waals surface area contributed by atoms with Crippen molar-refractivity contribution in [1.29, 1.82) is 0 Å². The average Bonchev–Trinajstić information content (AvgIpc) is 2.99. The van der Waals surface area contributed by atoms with E-state index in [4.69, 9.17) is 10.5 Å². The Morgan fingerprint density at radius 2 is 1.79 bits per heavy atom. The third-order valence-corrected chi connectivity index (χ3v) is 5.33. The number of thiophene rings is 1. The normalized spacial score (nSPS) is 20.9. The molecule has 2 aliphatic rings. The van der Waals surface area contributed by atoms with Gasteiger partial charge >= 0.3 is 0 Å². The highest BCUT2D eigenvalue weighted by Gasteiger charge is 2.39. The Labute approximate surface area is 152 Å². The predicted molar refractivity (Wildman–Crippen MR) is 95.6 cm³/mol. The molecular formula is C16H24ClN3O3S. The van der Waals surface area contributed by atoms with Crippen molar-refractivity contribution in [2.75, 3.05) is 39.4 Å². The van der Waals surface area contributed by atoms with Crippen molar-refractivity contribution in [3.05, 3.63) is 22.4 Å². The molecular weight excluding hydrogens is 350 g/mol. The van der Waals surface area contributed by atoms with Gasteiger partial charge in [-0.15, -0.1) is 12.4 Å². The van der Waals surface area contributed by atoms with E-state index in [2.05, 4.69) is 0 Å². The number of ether oxygens (including phenoxy) is 1. The zero-order chi connectivity index (χ0) is 16.3. The van der Waals surface area contributed by atoms with Gasteiger partial charge in [0.25, 0.3) is 5.91 Å². The van der Waals surface area contributed by atoms with Gasteiger partial charge in [0.2, 0.25) is 5.91 Å². The molecule has 8 heteroatoms. The SMILES string of the molecule is Cl.NC1(C(=O)N2CCCN(C(=O)c3ccsc3)CC2)CCOCC1. The summed E-state index contributed by atoms with van der Waals surface area (Å²) in [5.74, 6) is 0.0553. The van der Waals surface area contributed by atoms with E-state index in [0.29, 0.717) is 52.2 Å². The monoisotopic (exact) mass is 373 g/mol. The summed E-state index contributed by atoms with van der Waals surface area (Å²) in [6.07, 6.45) is 1.92.